The molecule has 158 valence electrons. The number of rotatable bonds is 9. The Kier molecular flexibility index (Phi) is 7.44. The van der Waals surface area contributed by atoms with Crippen molar-refractivity contribution in [1.29, 1.82) is 0 Å². The van der Waals surface area contributed by atoms with Crippen LogP contribution in [0.1, 0.15) is 35.8 Å². The van der Waals surface area contributed by atoms with Gasteiger partial charge in [0.05, 0.1) is 23.3 Å². The molecule has 0 unspecified atom stereocenters. The van der Waals surface area contributed by atoms with Crippen molar-refractivity contribution >= 4 is 50.4 Å². The number of hydrogen-bond acceptors (Lipinski definition) is 5. The minimum Gasteiger partial charge on any atom is -0.477 e. The molecule has 1 amide bonds. The lowest BCUT2D eigenvalue weighted by Crippen LogP contribution is -2.32. The van der Waals surface area contributed by atoms with E-state index in [9.17, 15) is 4.79 Å². The molecule has 0 aliphatic rings. The molecule has 30 heavy (non-hydrogen) atoms. The van der Waals surface area contributed by atoms with Crippen LogP contribution in [0.2, 0.25) is 5.02 Å². The number of unbranched alkanes of at least 4 members (excludes halogenated alkanes) is 1. The highest BCUT2D eigenvalue weighted by Crippen LogP contribution is 2.23. The molecule has 0 aliphatic heterocycles. The molecule has 7 nitrogen and oxygen atoms in total. The zero-order valence-corrected chi connectivity index (χ0v) is 19.3. The second-order valence-corrected chi connectivity index (χ2v) is 7.88. The summed E-state index contributed by atoms with van der Waals surface area (Å²) in [7, 11) is 1.84. The lowest BCUT2D eigenvalue weighted by molar-refractivity contribution is 0.0754. The molecule has 0 fully saturated rings. The molecular weight excluding hydrogens is 470 g/mol. The second kappa shape index (κ2) is 10.0. The van der Waals surface area contributed by atoms with Crippen LogP contribution in [-0.2, 0) is 7.05 Å². The van der Waals surface area contributed by atoms with Gasteiger partial charge >= 0.3 is 0 Å². The highest BCUT2D eigenvalue weighted by molar-refractivity contribution is 9.10. The van der Waals surface area contributed by atoms with Crippen LogP contribution in [0.4, 0.5) is 0 Å². The Labute approximate surface area is 188 Å². The molecular formula is C21H23BrClN5O2. The minimum absolute atomic E-state index is 0.0932. The molecule has 0 saturated carbocycles. The Morgan fingerprint density at radius 1 is 1.33 bits per heavy atom. The molecule has 0 aliphatic carbocycles. The predicted octanol–water partition coefficient (Wildman–Crippen LogP) is 4.74. The lowest BCUT2D eigenvalue weighted by Gasteiger charge is -2.20. The summed E-state index contributed by atoms with van der Waals surface area (Å²) < 4.78 is 8.16. The maximum absolute atomic E-state index is 12.9. The first-order valence-corrected chi connectivity index (χ1v) is 10.8. The van der Waals surface area contributed by atoms with E-state index in [1.54, 1.807) is 40.2 Å². The normalized spacial score (nSPS) is 10.9. The quantitative estimate of drug-likeness (QED) is 0.403. The van der Waals surface area contributed by atoms with E-state index in [1.807, 2.05) is 14.0 Å². The molecule has 9 heteroatoms. The Morgan fingerprint density at radius 2 is 2.13 bits per heavy atom. The van der Waals surface area contributed by atoms with E-state index in [1.165, 1.54) is 0 Å². The van der Waals surface area contributed by atoms with Gasteiger partial charge in [-0.05, 0) is 47.8 Å². The highest BCUT2D eigenvalue weighted by atomic mass is 79.9. The topological polar surface area (TPSA) is 73.1 Å². The van der Waals surface area contributed by atoms with Crippen molar-refractivity contribution in [3.8, 4) is 5.88 Å². The monoisotopic (exact) mass is 491 g/mol. The first-order valence-electron chi connectivity index (χ1n) is 9.63. The summed E-state index contributed by atoms with van der Waals surface area (Å²) in [6, 6.07) is 3.54. The first kappa shape index (κ1) is 22.2. The van der Waals surface area contributed by atoms with Crippen molar-refractivity contribution in [2.24, 2.45) is 7.05 Å². The average Bonchev–Trinajstić information content (AvgIpc) is 3.04. The number of ether oxygens (including phenoxy) is 1. The number of pyridine rings is 2. The van der Waals surface area contributed by atoms with Gasteiger partial charge in [-0.2, -0.15) is 5.10 Å². The summed E-state index contributed by atoms with van der Waals surface area (Å²) in [5.74, 6) is 0.418. The van der Waals surface area contributed by atoms with E-state index in [0.717, 1.165) is 29.3 Å². The maximum atomic E-state index is 12.9. The molecule has 0 atom stereocenters. The summed E-state index contributed by atoms with van der Waals surface area (Å²) in [6.45, 7) is 7.43. The second-order valence-electron chi connectivity index (χ2n) is 6.69. The van der Waals surface area contributed by atoms with E-state index in [0.29, 0.717) is 40.9 Å². The summed E-state index contributed by atoms with van der Waals surface area (Å²) in [6.07, 6.45) is 6.47. The fourth-order valence-electron chi connectivity index (χ4n) is 3.08. The zero-order valence-electron chi connectivity index (χ0n) is 16.9. The van der Waals surface area contributed by atoms with E-state index in [-0.39, 0.29) is 5.91 Å². The third kappa shape index (κ3) is 4.99. The largest absolute Gasteiger partial charge is 0.477 e. The van der Waals surface area contributed by atoms with Crippen LogP contribution in [0.3, 0.4) is 0 Å². The number of fused-ring (bicyclic) bond motifs is 1. The average molecular weight is 493 g/mol. The number of halogens is 2. The lowest BCUT2D eigenvalue weighted by atomic mass is 10.2. The van der Waals surface area contributed by atoms with Gasteiger partial charge in [0.25, 0.3) is 5.91 Å². The van der Waals surface area contributed by atoms with Gasteiger partial charge in [0.2, 0.25) is 5.88 Å². The number of carbonyl (C=O) groups is 1. The van der Waals surface area contributed by atoms with Crippen LogP contribution in [-0.4, -0.2) is 50.3 Å². The molecule has 0 spiro atoms. The van der Waals surface area contributed by atoms with Crippen LogP contribution in [0.5, 0.6) is 5.88 Å². The molecule has 3 heterocycles. The molecule has 3 rings (SSSR count). The van der Waals surface area contributed by atoms with E-state index < -0.39 is 0 Å². The summed E-state index contributed by atoms with van der Waals surface area (Å²) in [5, 5.41) is 5.71. The van der Waals surface area contributed by atoms with Crippen molar-refractivity contribution in [1.82, 2.24) is 24.6 Å². The Morgan fingerprint density at radius 3 is 2.87 bits per heavy atom. The van der Waals surface area contributed by atoms with Gasteiger partial charge in [-0.3, -0.25) is 9.48 Å². The molecule has 0 radical (unpaired) electrons. The number of amides is 1. The molecule has 0 aromatic carbocycles. The number of nitrogens with zero attached hydrogens (tertiary/aromatic N) is 5. The van der Waals surface area contributed by atoms with Crippen molar-refractivity contribution in [3.63, 3.8) is 0 Å². The Hall–Kier alpha value is -2.45. The van der Waals surface area contributed by atoms with Gasteiger partial charge in [0, 0.05) is 37.3 Å². The number of carbonyl (C=O) groups excluding carboxylic acids is 1. The molecule has 0 N–H and O–H groups in total. The van der Waals surface area contributed by atoms with Gasteiger partial charge < -0.3 is 9.64 Å². The summed E-state index contributed by atoms with van der Waals surface area (Å²) >= 11 is 9.37. The summed E-state index contributed by atoms with van der Waals surface area (Å²) in [5.41, 5.74) is 2.04. The third-order valence-electron chi connectivity index (χ3n) is 4.71. The zero-order chi connectivity index (χ0) is 21.7. The fourth-order valence-corrected chi connectivity index (χ4v) is 3.80. The fraction of sp³-hybridized carbons (Fsp3) is 0.333. The highest BCUT2D eigenvalue weighted by Gasteiger charge is 2.17. The molecule has 3 aromatic heterocycles. The van der Waals surface area contributed by atoms with Crippen molar-refractivity contribution < 1.29 is 9.53 Å². The SMILES string of the molecule is C=Cc1cc(Cl)cnc1OCCCCN(CC)C(=O)c1cc2c(Br)nn(C)c2cn1. The van der Waals surface area contributed by atoms with E-state index >= 15 is 0 Å². The number of hydrogen-bond donors (Lipinski definition) is 0. The number of aromatic nitrogens is 4. The van der Waals surface area contributed by atoms with Crippen LogP contribution in [0.15, 0.2) is 35.7 Å². The van der Waals surface area contributed by atoms with Gasteiger partial charge in [0.1, 0.15) is 10.3 Å². The predicted molar refractivity (Wildman–Crippen MR) is 122 cm³/mol. The van der Waals surface area contributed by atoms with Crippen LogP contribution in [0.25, 0.3) is 17.0 Å². The van der Waals surface area contributed by atoms with E-state index in [2.05, 4.69) is 37.6 Å². The smallest absolute Gasteiger partial charge is 0.272 e. The molecule has 0 saturated heterocycles. The first-order chi connectivity index (χ1) is 14.4. The van der Waals surface area contributed by atoms with Crippen LogP contribution in [0, 0.1) is 0 Å². The Bertz CT molecular complexity index is 1070. The van der Waals surface area contributed by atoms with E-state index in [4.69, 9.17) is 16.3 Å². The van der Waals surface area contributed by atoms with Crippen molar-refractivity contribution in [2.45, 2.75) is 19.8 Å². The van der Waals surface area contributed by atoms with Gasteiger partial charge in [0.15, 0.2) is 0 Å². The van der Waals surface area contributed by atoms with Gasteiger partial charge in [-0.25, -0.2) is 9.97 Å². The summed E-state index contributed by atoms with van der Waals surface area (Å²) in [4.78, 5) is 23.2. The van der Waals surface area contributed by atoms with Crippen LogP contribution < -0.4 is 4.74 Å². The van der Waals surface area contributed by atoms with Crippen LogP contribution >= 0.6 is 27.5 Å². The molecule has 3 aromatic rings. The third-order valence-corrected chi connectivity index (χ3v) is 5.50. The van der Waals surface area contributed by atoms with Gasteiger partial charge in [-0.1, -0.05) is 24.3 Å². The minimum atomic E-state index is -0.0932. The van der Waals surface area contributed by atoms with Crippen molar-refractivity contribution in [2.75, 3.05) is 19.7 Å². The number of aryl methyl sites for hydroxylation is 1. The Balaban J connectivity index is 1.55. The standard InChI is InChI=1S/C21H23BrClN5O2/c1-4-14-10-15(23)12-25-20(14)30-9-7-6-8-28(5-2)21(29)17-11-16-18(13-24-17)27(3)26-19(16)22/h4,10-13H,1,5-9H2,2-3H3. The maximum Gasteiger partial charge on any atom is 0.272 e. The van der Waals surface area contributed by atoms with Gasteiger partial charge in [-0.15, -0.1) is 0 Å². The van der Waals surface area contributed by atoms with Crippen molar-refractivity contribution in [3.05, 3.63) is 52.0 Å². The molecule has 0 bridgehead atoms.